The molecule has 0 N–H and O–H groups in total. The maximum absolute atomic E-state index is 11.7. The molecule has 2 aromatic heterocycles. The van der Waals surface area contributed by atoms with E-state index < -0.39 is 0 Å². The molecule has 6 nitrogen and oxygen atoms in total. The second-order valence-electron chi connectivity index (χ2n) is 5.14. The summed E-state index contributed by atoms with van der Waals surface area (Å²) in [7, 11) is 0. The van der Waals surface area contributed by atoms with Crippen molar-refractivity contribution in [1.82, 2.24) is 19.9 Å². The van der Waals surface area contributed by atoms with Gasteiger partial charge in [0.05, 0.1) is 24.6 Å². The van der Waals surface area contributed by atoms with Gasteiger partial charge in [0.2, 0.25) is 11.8 Å². The third-order valence-corrected chi connectivity index (χ3v) is 3.59. The second-order valence-corrected chi connectivity index (χ2v) is 5.14. The predicted molar refractivity (Wildman–Crippen MR) is 81.2 cm³/mol. The molecule has 0 radical (unpaired) electrons. The van der Waals surface area contributed by atoms with Gasteiger partial charge in [0.25, 0.3) is 0 Å². The molecule has 1 aliphatic heterocycles. The summed E-state index contributed by atoms with van der Waals surface area (Å²) in [6.07, 6.45) is 7.67. The molecule has 1 aliphatic rings. The van der Waals surface area contributed by atoms with Crippen LogP contribution in [-0.4, -0.2) is 45.5 Å². The van der Waals surface area contributed by atoms with E-state index in [9.17, 15) is 4.79 Å². The van der Waals surface area contributed by atoms with Gasteiger partial charge in [-0.2, -0.15) is 0 Å². The Morgan fingerprint density at radius 3 is 2.77 bits per heavy atom. The zero-order valence-electron chi connectivity index (χ0n) is 12.3. The molecule has 1 amide bonds. The largest absolute Gasteiger partial charge is 0.475 e. The first kappa shape index (κ1) is 14.4. The number of rotatable bonds is 5. The SMILES string of the molecule is O=C1CCCCN1CCOc1cnc(-c2ccccn2)cn1. The number of aromatic nitrogens is 3. The Labute approximate surface area is 129 Å². The number of piperidine rings is 1. The second kappa shape index (κ2) is 6.98. The Morgan fingerprint density at radius 2 is 2.05 bits per heavy atom. The Hall–Kier alpha value is -2.50. The Kier molecular flexibility index (Phi) is 4.58. The minimum Gasteiger partial charge on any atom is -0.475 e. The molecule has 0 atom stereocenters. The molecular weight excluding hydrogens is 280 g/mol. The van der Waals surface area contributed by atoms with E-state index in [1.54, 1.807) is 18.6 Å². The van der Waals surface area contributed by atoms with Gasteiger partial charge in [-0.3, -0.25) is 9.78 Å². The maximum atomic E-state index is 11.7. The van der Waals surface area contributed by atoms with Crippen molar-refractivity contribution in [2.75, 3.05) is 19.7 Å². The average molecular weight is 298 g/mol. The van der Waals surface area contributed by atoms with E-state index in [0.29, 0.717) is 31.1 Å². The topological polar surface area (TPSA) is 68.2 Å². The van der Waals surface area contributed by atoms with Crippen molar-refractivity contribution in [2.45, 2.75) is 19.3 Å². The lowest BCUT2D eigenvalue weighted by molar-refractivity contribution is -0.133. The van der Waals surface area contributed by atoms with E-state index in [2.05, 4.69) is 15.0 Å². The van der Waals surface area contributed by atoms with Crippen LogP contribution in [0.4, 0.5) is 0 Å². The van der Waals surface area contributed by atoms with Gasteiger partial charge in [-0.05, 0) is 25.0 Å². The summed E-state index contributed by atoms with van der Waals surface area (Å²) in [6.45, 7) is 1.86. The highest BCUT2D eigenvalue weighted by atomic mass is 16.5. The summed E-state index contributed by atoms with van der Waals surface area (Å²) in [5.41, 5.74) is 1.49. The fourth-order valence-electron chi connectivity index (χ4n) is 2.40. The average Bonchev–Trinajstić information content (AvgIpc) is 2.58. The smallest absolute Gasteiger partial charge is 0.232 e. The van der Waals surface area contributed by atoms with Gasteiger partial charge in [-0.15, -0.1) is 0 Å². The molecule has 114 valence electrons. The van der Waals surface area contributed by atoms with Crippen LogP contribution < -0.4 is 4.74 Å². The molecule has 2 aromatic rings. The van der Waals surface area contributed by atoms with Crippen LogP contribution in [0.5, 0.6) is 5.88 Å². The summed E-state index contributed by atoms with van der Waals surface area (Å²) < 4.78 is 5.56. The van der Waals surface area contributed by atoms with Crippen molar-refractivity contribution < 1.29 is 9.53 Å². The molecule has 0 saturated carbocycles. The first-order valence-electron chi connectivity index (χ1n) is 7.47. The highest BCUT2D eigenvalue weighted by Gasteiger charge is 2.17. The molecule has 0 aliphatic carbocycles. The number of carbonyl (C=O) groups excluding carboxylic acids is 1. The van der Waals surface area contributed by atoms with Crippen molar-refractivity contribution in [3.8, 4) is 17.3 Å². The lowest BCUT2D eigenvalue weighted by Crippen LogP contribution is -2.38. The van der Waals surface area contributed by atoms with E-state index in [1.165, 1.54) is 0 Å². The first-order valence-corrected chi connectivity index (χ1v) is 7.47. The fourth-order valence-corrected chi connectivity index (χ4v) is 2.40. The zero-order chi connectivity index (χ0) is 15.2. The van der Waals surface area contributed by atoms with Crippen LogP contribution in [0.3, 0.4) is 0 Å². The minimum absolute atomic E-state index is 0.214. The third kappa shape index (κ3) is 3.58. The van der Waals surface area contributed by atoms with Crippen LogP contribution >= 0.6 is 0 Å². The Bertz CT molecular complexity index is 616. The quantitative estimate of drug-likeness (QED) is 0.843. The maximum Gasteiger partial charge on any atom is 0.232 e. The number of carbonyl (C=O) groups is 1. The van der Waals surface area contributed by atoms with Gasteiger partial charge in [0.1, 0.15) is 12.3 Å². The molecule has 22 heavy (non-hydrogen) atoms. The van der Waals surface area contributed by atoms with E-state index in [4.69, 9.17) is 4.74 Å². The van der Waals surface area contributed by atoms with Crippen LogP contribution in [0.2, 0.25) is 0 Å². The molecule has 3 heterocycles. The van der Waals surface area contributed by atoms with Crippen LogP contribution in [0, 0.1) is 0 Å². The highest BCUT2D eigenvalue weighted by Crippen LogP contribution is 2.14. The summed E-state index contributed by atoms with van der Waals surface area (Å²) in [6, 6.07) is 5.65. The van der Waals surface area contributed by atoms with Crippen molar-refractivity contribution in [2.24, 2.45) is 0 Å². The number of hydrogen-bond donors (Lipinski definition) is 0. The molecule has 6 heteroatoms. The summed E-state index contributed by atoms with van der Waals surface area (Å²) in [5, 5.41) is 0. The lowest BCUT2D eigenvalue weighted by atomic mass is 10.1. The Morgan fingerprint density at radius 1 is 1.09 bits per heavy atom. The van der Waals surface area contributed by atoms with E-state index in [0.717, 1.165) is 25.1 Å². The van der Waals surface area contributed by atoms with E-state index in [-0.39, 0.29) is 5.91 Å². The summed E-state index contributed by atoms with van der Waals surface area (Å²) in [4.78, 5) is 26.3. The molecule has 0 unspecified atom stereocenters. The van der Waals surface area contributed by atoms with Crippen molar-refractivity contribution in [3.05, 3.63) is 36.8 Å². The third-order valence-electron chi connectivity index (χ3n) is 3.59. The van der Waals surface area contributed by atoms with Crippen LogP contribution in [0.15, 0.2) is 36.8 Å². The summed E-state index contributed by atoms with van der Waals surface area (Å²) >= 11 is 0. The summed E-state index contributed by atoms with van der Waals surface area (Å²) in [5.74, 6) is 0.676. The standard InChI is InChI=1S/C16H18N4O2/c21-16-6-2-4-8-20(16)9-10-22-15-12-18-14(11-19-15)13-5-1-3-7-17-13/h1,3,5,7,11-12H,2,4,6,8-10H2. The van der Waals surface area contributed by atoms with Crippen molar-refractivity contribution >= 4 is 5.91 Å². The van der Waals surface area contributed by atoms with Crippen LogP contribution in [0.25, 0.3) is 11.4 Å². The number of nitrogens with zero attached hydrogens (tertiary/aromatic N) is 4. The number of likely N-dealkylation sites (tertiary alicyclic amines) is 1. The highest BCUT2D eigenvalue weighted by molar-refractivity contribution is 5.76. The number of pyridine rings is 1. The molecule has 1 fully saturated rings. The fraction of sp³-hybridized carbons (Fsp3) is 0.375. The van der Waals surface area contributed by atoms with Gasteiger partial charge in [-0.1, -0.05) is 6.07 Å². The molecule has 3 rings (SSSR count). The molecule has 0 bridgehead atoms. The van der Waals surface area contributed by atoms with Gasteiger partial charge in [-0.25, -0.2) is 9.97 Å². The normalized spacial score (nSPS) is 14.9. The van der Waals surface area contributed by atoms with E-state index >= 15 is 0 Å². The molecule has 0 aromatic carbocycles. The van der Waals surface area contributed by atoms with Gasteiger partial charge >= 0.3 is 0 Å². The predicted octanol–water partition coefficient (Wildman–Crippen LogP) is 1.93. The Balaban J connectivity index is 1.52. The van der Waals surface area contributed by atoms with Crippen molar-refractivity contribution in [1.29, 1.82) is 0 Å². The van der Waals surface area contributed by atoms with E-state index in [1.807, 2.05) is 23.1 Å². The van der Waals surface area contributed by atoms with Gasteiger partial charge < -0.3 is 9.64 Å². The van der Waals surface area contributed by atoms with Crippen LogP contribution in [-0.2, 0) is 4.79 Å². The molecular formula is C16H18N4O2. The number of amides is 1. The van der Waals surface area contributed by atoms with Crippen molar-refractivity contribution in [3.63, 3.8) is 0 Å². The molecule has 0 spiro atoms. The lowest BCUT2D eigenvalue weighted by Gasteiger charge is -2.26. The monoisotopic (exact) mass is 298 g/mol. The first-order chi connectivity index (χ1) is 10.8. The van der Waals surface area contributed by atoms with Gasteiger partial charge in [0, 0.05) is 19.2 Å². The zero-order valence-corrected chi connectivity index (χ0v) is 12.3. The van der Waals surface area contributed by atoms with Gasteiger partial charge in [0.15, 0.2) is 0 Å². The molecule has 1 saturated heterocycles. The number of ether oxygens (including phenoxy) is 1. The number of hydrogen-bond acceptors (Lipinski definition) is 5. The van der Waals surface area contributed by atoms with Crippen LogP contribution in [0.1, 0.15) is 19.3 Å². The minimum atomic E-state index is 0.214.